The van der Waals surface area contributed by atoms with Gasteiger partial charge in [-0.15, -0.1) is 0 Å². The lowest BCUT2D eigenvalue weighted by atomic mass is 9.52. The van der Waals surface area contributed by atoms with Crippen LogP contribution in [0.3, 0.4) is 0 Å². The molecule has 2 aromatic rings. The van der Waals surface area contributed by atoms with Crippen molar-refractivity contribution >= 4 is 29.5 Å². The van der Waals surface area contributed by atoms with Crippen molar-refractivity contribution in [2.75, 3.05) is 7.11 Å². The van der Waals surface area contributed by atoms with Crippen molar-refractivity contribution < 1.29 is 18.7 Å². The predicted molar refractivity (Wildman–Crippen MR) is 84.1 cm³/mol. The number of aryl methyl sites for hydroxylation is 1. The molecule has 6 radical (unpaired) electrons. The maximum absolute atomic E-state index is 14.5. The fourth-order valence-electron chi connectivity index (χ4n) is 1.84. The Kier molecular flexibility index (Phi) is 4.77. The fourth-order valence-corrected chi connectivity index (χ4v) is 1.84. The van der Waals surface area contributed by atoms with Gasteiger partial charge >= 0.3 is 5.97 Å². The number of ether oxygens (including phenoxy) is 2. The molecule has 5 nitrogen and oxygen atoms in total. The molecule has 0 fully saturated rings. The van der Waals surface area contributed by atoms with Crippen LogP contribution in [0, 0.1) is 12.7 Å². The first-order valence-electron chi connectivity index (χ1n) is 6.49. The third-order valence-corrected chi connectivity index (χ3v) is 2.86. The highest BCUT2D eigenvalue weighted by molar-refractivity contribution is 6.58. The molecule has 2 rings (SSSR count). The number of aromatic nitrogens is 2. The van der Waals surface area contributed by atoms with E-state index in [1.807, 2.05) is 0 Å². The first-order chi connectivity index (χ1) is 10.7. The van der Waals surface area contributed by atoms with Crippen LogP contribution in [0.1, 0.15) is 16.1 Å². The summed E-state index contributed by atoms with van der Waals surface area (Å²) in [6, 6.07) is 4.23. The van der Waals surface area contributed by atoms with Gasteiger partial charge in [0.1, 0.15) is 35.1 Å². The standard InChI is InChI=1S/C14H10B3FN2O3/c1-7-3-4-9(23-14(15,16)17)10(11(7)18)12-19-6-5-8(20-12)13(21)22-2/h3-6H,1-2H3. The molecule has 0 bridgehead atoms. The van der Waals surface area contributed by atoms with Gasteiger partial charge in [-0.2, -0.15) is 0 Å². The summed E-state index contributed by atoms with van der Waals surface area (Å²) >= 11 is 0. The number of hydrogen-bond acceptors (Lipinski definition) is 5. The van der Waals surface area contributed by atoms with Gasteiger partial charge in [-0.25, -0.2) is 19.2 Å². The predicted octanol–water partition coefficient (Wildman–Crippen LogP) is 0.873. The van der Waals surface area contributed by atoms with Crippen LogP contribution in [0.25, 0.3) is 11.4 Å². The van der Waals surface area contributed by atoms with E-state index < -0.39 is 17.1 Å². The number of nitrogens with zero attached hydrogens (tertiary/aromatic N) is 2. The molecule has 0 aliphatic heterocycles. The molecule has 1 aromatic carbocycles. The first-order valence-corrected chi connectivity index (χ1v) is 6.49. The Balaban J connectivity index is 2.62. The van der Waals surface area contributed by atoms with Gasteiger partial charge in [-0.3, -0.25) is 0 Å². The normalized spacial score (nSPS) is 11.1. The van der Waals surface area contributed by atoms with Crippen LogP contribution in [0.5, 0.6) is 5.75 Å². The van der Waals surface area contributed by atoms with E-state index in [0.717, 1.165) is 0 Å². The Labute approximate surface area is 136 Å². The van der Waals surface area contributed by atoms with Crippen molar-refractivity contribution in [1.82, 2.24) is 9.97 Å². The Morgan fingerprint density at radius 2 is 1.96 bits per heavy atom. The molecule has 9 heteroatoms. The van der Waals surface area contributed by atoms with Gasteiger partial charge in [0.25, 0.3) is 0 Å². The zero-order valence-corrected chi connectivity index (χ0v) is 12.5. The monoisotopic (exact) mass is 306 g/mol. The molecule has 0 atom stereocenters. The Hall–Kier alpha value is -2.31. The molecule has 1 aromatic heterocycles. The zero-order valence-electron chi connectivity index (χ0n) is 12.5. The largest absolute Gasteiger partial charge is 0.515 e. The summed E-state index contributed by atoms with van der Waals surface area (Å²) in [5.41, 5.74) is 0.168. The third-order valence-electron chi connectivity index (χ3n) is 2.86. The average Bonchev–Trinajstić information content (AvgIpc) is 2.49. The van der Waals surface area contributed by atoms with E-state index in [0.29, 0.717) is 5.56 Å². The third kappa shape index (κ3) is 3.91. The maximum atomic E-state index is 14.5. The van der Waals surface area contributed by atoms with Crippen LogP contribution in [0.4, 0.5) is 4.39 Å². The second-order valence-electron chi connectivity index (χ2n) is 4.78. The molecule has 0 saturated heterocycles. The van der Waals surface area contributed by atoms with Gasteiger partial charge < -0.3 is 9.47 Å². The lowest BCUT2D eigenvalue weighted by Gasteiger charge is -2.25. The van der Waals surface area contributed by atoms with Gasteiger partial charge in [-0.05, 0) is 29.9 Å². The summed E-state index contributed by atoms with van der Waals surface area (Å²) in [4.78, 5) is 19.5. The number of carbonyl (C=O) groups is 1. The number of rotatable bonds is 4. The molecular weight excluding hydrogens is 296 g/mol. The highest BCUT2D eigenvalue weighted by Crippen LogP contribution is 2.33. The van der Waals surface area contributed by atoms with E-state index in [1.54, 1.807) is 6.92 Å². The summed E-state index contributed by atoms with van der Waals surface area (Å²) in [6.07, 6.45) is 1.29. The highest BCUT2D eigenvalue weighted by Gasteiger charge is 2.22. The summed E-state index contributed by atoms with van der Waals surface area (Å²) in [5.74, 6) is -1.47. The van der Waals surface area contributed by atoms with Crippen LogP contribution < -0.4 is 4.74 Å². The fraction of sp³-hybridized carbons (Fsp3) is 0.214. The molecule has 0 saturated carbocycles. The number of halogens is 1. The summed E-state index contributed by atoms with van der Waals surface area (Å²) in [6.45, 7) is 1.55. The summed E-state index contributed by atoms with van der Waals surface area (Å²) < 4.78 is 24.3. The van der Waals surface area contributed by atoms with Crippen molar-refractivity contribution in [3.63, 3.8) is 0 Å². The minimum absolute atomic E-state index is 0.0381. The quantitative estimate of drug-likeness (QED) is 0.620. The summed E-state index contributed by atoms with van der Waals surface area (Å²) in [5, 5.41) is -2.02. The van der Waals surface area contributed by atoms with Gasteiger partial charge in [-0.1, -0.05) is 6.07 Å². The molecule has 0 N–H and O–H groups in total. The zero-order chi connectivity index (χ0) is 17.2. The van der Waals surface area contributed by atoms with Crippen LogP contribution in [-0.2, 0) is 4.74 Å². The van der Waals surface area contributed by atoms with Crippen LogP contribution >= 0.6 is 0 Å². The SMILES string of the molecule is [B]C([B])([B])Oc1ccc(C)c(F)c1-c1nccc(C(=O)OC)n1. The topological polar surface area (TPSA) is 61.3 Å². The maximum Gasteiger partial charge on any atom is 0.356 e. The molecule has 0 amide bonds. The Bertz CT molecular complexity index is 751. The van der Waals surface area contributed by atoms with Gasteiger partial charge in [0.2, 0.25) is 0 Å². The second kappa shape index (κ2) is 6.44. The minimum atomic E-state index is -2.02. The first kappa shape index (κ1) is 17.1. The number of hydrogen-bond donors (Lipinski definition) is 0. The van der Waals surface area contributed by atoms with E-state index >= 15 is 0 Å². The second-order valence-corrected chi connectivity index (χ2v) is 4.78. The molecular formula is C14H10B3FN2O3. The molecule has 1 heterocycles. The molecule has 0 aliphatic carbocycles. The number of esters is 1. The van der Waals surface area contributed by atoms with E-state index in [1.165, 1.54) is 31.5 Å². The van der Waals surface area contributed by atoms with Crippen LogP contribution in [0.15, 0.2) is 24.4 Å². The lowest BCUT2D eigenvalue weighted by molar-refractivity contribution is 0.0594. The molecule has 23 heavy (non-hydrogen) atoms. The molecule has 0 unspecified atom stereocenters. The van der Waals surface area contributed by atoms with E-state index in [-0.39, 0.29) is 22.8 Å². The number of benzene rings is 1. The Morgan fingerprint density at radius 1 is 1.26 bits per heavy atom. The van der Waals surface area contributed by atoms with Crippen molar-refractivity contribution in [2.45, 2.75) is 12.2 Å². The summed E-state index contributed by atoms with van der Waals surface area (Å²) in [7, 11) is 17.4. The minimum Gasteiger partial charge on any atom is -0.515 e. The van der Waals surface area contributed by atoms with E-state index in [2.05, 4.69) is 14.7 Å². The van der Waals surface area contributed by atoms with E-state index in [4.69, 9.17) is 28.3 Å². The van der Waals surface area contributed by atoms with Gasteiger partial charge in [0.05, 0.1) is 12.7 Å². The molecule has 110 valence electrons. The van der Waals surface area contributed by atoms with Crippen molar-refractivity contribution in [2.24, 2.45) is 0 Å². The number of carbonyl (C=O) groups excluding carboxylic acids is 1. The Morgan fingerprint density at radius 3 is 2.57 bits per heavy atom. The van der Waals surface area contributed by atoms with E-state index in [9.17, 15) is 9.18 Å². The number of methoxy groups -OCH3 is 1. The van der Waals surface area contributed by atoms with Crippen molar-refractivity contribution in [3.05, 3.63) is 41.5 Å². The van der Waals surface area contributed by atoms with Crippen LogP contribution in [-0.4, -0.2) is 51.9 Å². The van der Waals surface area contributed by atoms with Crippen LogP contribution in [0.2, 0.25) is 0 Å². The smallest absolute Gasteiger partial charge is 0.356 e. The van der Waals surface area contributed by atoms with Crippen molar-refractivity contribution in [3.8, 4) is 17.1 Å². The van der Waals surface area contributed by atoms with Gasteiger partial charge in [0.15, 0.2) is 11.5 Å². The lowest BCUT2D eigenvalue weighted by Crippen LogP contribution is -2.37. The van der Waals surface area contributed by atoms with Crippen molar-refractivity contribution in [1.29, 1.82) is 0 Å². The average molecular weight is 306 g/mol. The van der Waals surface area contributed by atoms with Gasteiger partial charge in [0, 0.05) is 6.20 Å². The highest BCUT2D eigenvalue weighted by atomic mass is 19.1. The molecule has 0 aliphatic rings. The molecule has 0 spiro atoms.